The second kappa shape index (κ2) is 9.54. The maximum Gasteiger partial charge on any atom is 0.416 e. The average molecular weight is 407 g/mol. The van der Waals surface area contributed by atoms with Crippen LogP contribution < -0.4 is 4.90 Å². The lowest BCUT2D eigenvalue weighted by atomic mass is 9.90. The number of piperidine rings is 1. The molecule has 1 aromatic heterocycles. The smallest absolute Gasteiger partial charge is 0.363 e. The van der Waals surface area contributed by atoms with Gasteiger partial charge in [-0.2, -0.15) is 13.2 Å². The van der Waals surface area contributed by atoms with Gasteiger partial charge in [0.15, 0.2) is 0 Å². The van der Waals surface area contributed by atoms with Crippen molar-refractivity contribution in [2.45, 2.75) is 24.9 Å². The van der Waals surface area contributed by atoms with Crippen LogP contribution >= 0.6 is 0 Å². The van der Waals surface area contributed by atoms with Crippen molar-refractivity contribution in [2.24, 2.45) is 0 Å². The van der Waals surface area contributed by atoms with Crippen LogP contribution in [0.2, 0.25) is 0 Å². The van der Waals surface area contributed by atoms with Crippen LogP contribution in [0.5, 0.6) is 0 Å². The third kappa shape index (κ3) is 5.56. The van der Waals surface area contributed by atoms with Gasteiger partial charge in [0, 0.05) is 44.9 Å². The molecule has 0 N–H and O–H groups in total. The molecule has 1 fully saturated rings. The summed E-state index contributed by atoms with van der Waals surface area (Å²) in [6.45, 7) is 3.15. The lowest BCUT2D eigenvalue weighted by Crippen LogP contribution is -2.39. The summed E-state index contributed by atoms with van der Waals surface area (Å²) in [6.07, 6.45) is -1.05. The largest absolute Gasteiger partial charge is 0.416 e. The quantitative estimate of drug-likeness (QED) is 0.772. The Morgan fingerprint density at radius 2 is 1.83 bits per heavy atom. The Labute approximate surface area is 168 Å². The highest BCUT2D eigenvalue weighted by molar-refractivity contribution is 5.95. The number of hydrogen-bond donors (Lipinski definition) is 0. The van der Waals surface area contributed by atoms with Crippen molar-refractivity contribution in [3.63, 3.8) is 0 Å². The summed E-state index contributed by atoms with van der Waals surface area (Å²) in [6, 6.07) is 8.72. The molecule has 0 spiro atoms. The number of rotatable bonds is 3. The van der Waals surface area contributed by atoms with Crippen LogP contribution in [0.4, 0.5) is 19.0 Å². The first-order valence-corrected chi connectivity index (χ1v) is 9.14. The lowest BCUT2D eigenvalue weighted by Gasteiger charge is -2.33. The van der Waals surface area contributed by atoms with Gasteiger partial charge >= 0.3 is 6.18 Å². The van der Waals surface area contributed by atoms with E-state index in [-0.39, 0.29) is 11.8 Å². The molecule has 1 aromatic carbocycles. The first-order chi connectivity index (χ1) is 13.8. The van der Waals surface area contributed by atoms with E-state index < -0.39 is 11.7 Å². The third-order valence-corrected chi connectivity index (χ3v) is 4.87. The van der Waals surface area contributed by atoms with Crippen LogP contribution in [0.15, 0.2) is 42.6 Å². The van der Waals surface area contributed by atoms with Crippen molar-refractivity contribution in [3.8, 4) is 0 Å². The van der Waals surface area contributed by atoms with Gasteiger partial charge < -0.3 is 14.6 Å². The summed E-state index contributed by atoms with van der Waals surface area (Å²) in [5.74, 6) is 0.675. The van der Waals surface area contributed by atoms with E-state index in [2.05, 4.69) is 4.98 Å². The molecule has 1 amide bonds. The Morgan fingerprint density at radius 1 is 1.17 bits per heavy atom. The number of halogens is 3. The molecule has 1 aliphatic heterocycles. The zero-order chi connectivity index (χ0) is 21.6. The van der Waals surface area contributed by atoms with Gasteiger partial charge in [-0.15, -0.1) is 0 Å². The van der Waals surface area contributed by atoms with Crippen molar-refractivity contribution in [3.05, 3.63) is 59.3 Å². The minimum absolute atomic E-state index is 0.0418. The lowest BCUT2D eigenvalue weighted by molar-refractivity contribution is -0.137. The van der Waals surface area contributed by atoms with E-state index in [1.54, 1.807) is 23.2 Å². The molecule has 0 radical (unpaired) electrons. The second-order valence-corrected chi connectivity index (χ2v) is 7.01. The van der Waals surface area contributed by atoms with Gasteiger partial charge in [-0.3, -0.25) is 4.79 Å². The minimum atomic E-state index is -4.33. The summed E-state index contributed by atoms with van der Waals surface area (Å²) in [5.41, 5.74) is 0.758. The van der Waals surface area contributed by atoms with Crippen molar-refractivity contribution >= 4 is 18.5 Å². The Hall–Kier alpha value is -2.90. The summed E-state index contributed by atoms with van der Waals surface area (Å²) in [4.78, 5) is 28.7. The number of likely N-dealkylation sites (tertiary alicyclic amines) is 1. The van der Waals surface area contributed by atoms with Crippen LogP contribution in [0.25, 0.3) is 0 Å². The summed E-state index contributed by atoms with van der Waals surface area (Å²) in [7, 11) is 3.72. The van der Waals surface area contributed by atoms with Gasteiger partial charge in [-0.25, -0.2) is 4.98 Å². The van der Waals surface area contributed by atoms with Crippen LogP contribution in [0.3, 0.4) is 0 Å². The molecule has 1 atom stereocenters. The average Bonchev–Trinajstić information content (AvgIpc) is 2.74. The van der Waals surface area contributed by atoms with Gasteiger partial charge in [0.1, 0.15) is 12.6 Å². The highest BCUT2D eigenvalue weighted by Crippen LogP contribution is 2.32. The molecule has 29 heavy (non-hydrogen) atoms. The summed E-state index contributed by atoms with van der Waals surface area (Å²) >= 11 is 0. The highest BCUT2D eigenvalue weighted by atomic mass is 19.4. The minimum Gasteiger partial charge on any atom is -0.363 e. The summed E-state index contributed by atoms with van der Waals surface area (Å²) < 4.78 is 38.2. The molecule has 1 saturated heterocycles. The van der Waals surface area contributed by atoms with Gasteiger partial charge in [-0.05, 0) is 42.7 Å². The number of benzene rings is 1. The van der Waals surface area contributed by atoms with Crippen LogP contribution in [-0.4, -0.2) is 49.8 Å². The molecule has 2 aromatic rings. The van der Waals surface area contributed by atoms with Gasteiger partial charge in [0.25, 0.3) is 5.91 Å². The molecule has 5 nitrogen and oxygen atoms in total. The molecule has 1 aliphatic rings. The molecule has 0 saturated carbocycles. The topological polar surface area (TPSA) is 53.5 Å². The van der Waals surface area contributed by atoms with E-state index in [1.807, 2.05) is 25.8 Å². The first-order valence-electron chi connectivity index (χ1n) is 9.14. The van der Waals surface area contributed by atoms with Gasteiger partial charge in [0.05, 0.1) is 5.56 Å². The molecular formula is C21H24F3N3O2. The fourth-order valence-corrected chi connectivity index (χ4v) is 3.36. The molecule has 2 heterocycles. The van der Waals surface area contributed by atoms with Crippen molar-refractivity contribution < 1.29 is 22.8 Å². The summed E-state index contributed by atoms with van der Waals surface area (Å²) in [5, 5.41) is 0. The normalized spacial score (nSPS) is 16.6. The number of carbonyl (C=O) groups is 2. The molecular weight excluding hydrogens is 383 g/mol. The predicted octanol–water partition coefficient (Wildman–Crippen LogP) is 4.00. The monoisotopic (exact) mass is 407 g/mol. The number of aromatic nitrogens is 1. The number of carbonyl (C=O) groups excluding carboxylic acids is 2. The Balaban J connectivity index is 0.00000145. The number of hydrogen-bond acceptors (Lipinski definition) is 4. The number of pyridine rings is 1. The van der Waals surface area contributed by atoms with Crippen molar-refractivity contribution in [2.75, 3.05) is 32.1 Å². The molecule has 156 valence electrons. The zero-order valence-corrected chi connectivity index (χ0v) is 16.4. The van der Waals surface area contributed by atoms with Gasteiger partial charge in [0.2, 0.25) is 0 Å². The van der Waals surface area contributed by atoms with E-state index in [9.17, 15) is 18.0 Å². The molecule has 3 rings (SSSR count). The van der Waals surface area contributed by atoms with E-state index in [0.717, 1.165) is 30.5 Å². The van der Waals surface area contributed by atoms with Crippen molar-refractivity contribution in [1.82, 2.24) is 9.88 Å². The number of anilines is 1. The third-order valence-electron chi connectivity index (χ3n) is 4.87. The molecule has 0 bridgehead atoms. The molecule has 8 heteroatoms. The van der Waals surface area contributed by atoms with Crippen LogP contribution in [-0.2, 0) is 11.0 Å². The predicted molar refractivity (Wildman–Crippen MR) is 105 cm³/mol. The number of amides is 1. The maximum atomic E-state index is 12.9. The van der Waals surface area contributed by atoms with E-state index in [1.165, 1.54) is 12.1 Å². The van der Waals surface area contributed by atoms with E-state index >= 15 is 0 Å². The Morgan fingerprint density at radius 3 is 2.41 bits per heavy atom. The first kappa shape index (κ1) is 22.4. The number of nitrogens with zero attached hydrogens (tertiary/aromatic N) is 3. The standard InChI is InChI=1S/C20H22F3N3O.CH2O/c1-25(2)18-12-15(9-10-24-18)19(27)26-11-3-4-16(13-26)14-5-7-17(8-6-14)20(21,22)23;1-2/h5-10,12,16H,3-4,11,13H2,1-2H3;1H2. The second-order valence-electron chi connectivity index (χ2n) is 7.01. The molecule has 0 aliphatic carbocycles. The van der Waals surface area contributed by atoms with Gasteiger partial charge in [-0.1, -0.05) is 12.1 Å². The number of alkyl halides is 3. The zero-order valence-electron chi connectivity index (χ0n) is 16.4. The fraction of sp³-hybridized carbons (Fsp3) is 0.381. The fourth-order valence-electron chi connectivity index (χ4n) is 3.36. The molecule has 1 unspecified atom stereocenters. The highest BCUT2D eigenvalue weighted by Gasteiger charge is 2.31. The van der Waals surface area contributed by atoms with Crippen molar-refractivity contribution in [1.29, 1.82) is 0 Å². The SMILES string of the molecule is C=O.CN(C)c1cc(C(=O)N2CCCC(c3ccc(C(F)(F)F)cc3)C2)ccn1. The van der Waals surface area contributed by atoms with Crippen LogP contribution in [0.1, 0.15) is 40.2 Å². The maximum absolute atomic E-state index is 12.9. The van der Waals surface area contributed by atoms with Crippen LogP contribution in [0, 0.1) is 0 Å². The van der Waals surface area contributed by atoms with E-state index in [4.69, 9.17) is 4.79 Å². The Bertz CT molecular complexity index is 823. The van der Waals surface area contributed by atoms with E-state index in [0.29, 0.717) is 24.5 Å². The Kier molecular flexibility index (Phi) is 7.36.